The predicted octanol–water partition coefficient (Wildman–Crippen LogP) is 3.83. The second-order valence-corrected chi connectivity index (χ2v) is 10.8. The lowest BCUT2D eigenvalue weighted by Gasteiger charge is -2.31. The molecule has 2 amide bonds. The molecule has 7 heteroatoms. The molecule has 1 saturated carbocycles. The molecule has 0 bridgehead atoms. The first-order valence-corrected chi connectivity index (χ1v) is 13.8. The zero-order valence-electron chi connectivity index (χ0n) is 22.1. The van der Waals surface area contributed by atoms with E-state index in [9.17, 15) is 14.9 Å². The molecule has 3 unspecified atom stereocenters. The maximum Gasteiger partial charge on any atom is 0.224 e. The summed E-state index contributed by atoms with van der Waals surface area (Å²) in [5.41, 5.74) is 1.20. The molecular formula is C29H44N4O3. The van der Waals surface area contributed by atoms with Crippen LogP contribution in [0.2, 0.25) is 0 Å². The van der Waals surface area contributed by atoms with Crippen LogP contribution in [-0.4, -0.2) is 61.1 Å². The number of benzene rings is 1. The Labute approximate surface area is 217 Å². The Bertz CT molecular complexity index is 842. The molecule has 7 nitrogen and oxygen atoms in total. The number of hydrogen-bond acceptors (Lipinski definition) is 5. The van der Waals surface area contributed by atoms with Crippen LogP contribution in [0.25, 0.3) is 0 Å². The van der Waals surface area contributed by atoms with Crippen LogP contribution in [0.1, 0.15) is 70.8 Å². The van der Waals surface area contributed by atoms with Crippen molar-refractivity contribution in [1.82, 2.24) is 15.5 Å². The van der Waals surface area contributed by atoms with Crippen LogP contribution >= 0.6 is 0 Å². The van der Waals surface area contributed by atoms with Crippen molar-refractivity contribution in [3.05, 3.63) is 35.9 Å². The molecule has 36 heavy (non-hydrogen) atoms. The molecule has 198 valence electrons. The minimum atomic E-state index is -0.607. The average molecular weight is 497 g/mol. The van der Waals surface area contributed by atoms with E-state index in [1.807, 2.05) is 23.1 Å². The number of rotatable bonds is 12. The fraction of sp³-hybridized carbons (Fsp3) is 0.690. The lowest BCUT2D eigenvalue weighted by atomic mass is 9.81. The van der Waals surface area contributed by atoms with Crippen LogP contribution in [0, 0.1) is 23.2 Å². The van der Waals surface area contributed by atoms with Crippen LogP contribution in [-0.2, 0) is 20.7 Å². The molecule has 2 N–H and O–H groups in total. The summed E-state index contributed by atoms with van der Waals surface area (Å²) < 4.78 is 5.38. The van der Waals surface area contributed by atoms with E-state index in [2.05, 4.69) is 42.7 Å². The maximum atomic E-state index is 13.5. The van der Waals surface area contributed by atoms with Gasteiger partial charge >= 0.3 is 0 Å². The Kier molecular flexibility index (Phi) is 11.7. The van der Waals surface area contributed by atoms with E-state index in [0.717, 1.165) is 25.7 Å². The SMILES string of the molecule is CC(C)NC(Cc1ccccc1)CC(C#N)NC(=O)C(CC(=O)N1CCOCC1)CC1CCCCC1. The number of ether oxygens (including phenoxy) is 1. The van der Waals surface area contributed by atoms with Gasteiger partial charge in [0.05, 0.1) is 19.3 Å². The average Bonchev–Trinajstić information content (AvgIpc) is 2.89. The maximum absolute atomic E-state index is 13.5. The van der Waals surface area contributed by atoms with Crippen LogP contribution < -0.4 is 10.6 Å². The van der Waals surface area contributed by atoms with Gasteiger partial charge in [0, 0.05) is 37.5 Å². The largest absolute Gasteiger partial charge is 0.378 e. The van der Waals surface area contributed by atoms with Crippen molar-refractivity contribution < 1.29 is 14.3 Å². The molecule has 1 aliphatic carbocycles. The molecule has 1 heterocycles. The number of nitrogens with one attached hydrogen (secondary N) is 2. The fourth-order valence-corrected chi connectivity index (χ4v) is 5.56. The summed E-state index contributed by atoms with van der Waals surface area (Å²) in [6.07, 6.45) is 8.11. The summed E-state index contributed by atoms with van der Waals surface area (Å²) in [5, 5.41) is 16.5. The van der Waals surface area contributed by atoms with E-state index in [-0.39, 0.29) is 30.3 Å². The number of hydrogen-bond donors (Lipinski definition) is 2. The summed E-state index contributed by atoms with van der Waals surface area (Å²) in [6.45, 7) is 6.45. The van der Waals surface area contributed by atoms with Gasteiger partial charge in [-0.2, -0.15) is 5.26 Å². The first kappa shape index (κ1) is 28.1. The monoisotopic (exact) mass is 496 g/mol. The van der Waals surface area contributed by atoms with Crippen molar-refractivity contribution in [3.63, 3.8) is 0 Å². The second-order valence-electron chi connectivity index (χ2n) is 10.8. The minimum Gasteiger partial charge on any atom is -0.378 e. The highest BCUT2D eigenvalue weighted by Crippen LogP contribution is 2.30. The number of morpholine rings is 1. The van der Waals surface area contributed by atoms with Gasteiger partial charge < -0.3 is 20.3 Å². The fourth-order valence-electron chi connectivity index (χ4n) is 5.56. The number of carbonyl (C=O) groups is 2. The van der Waals surface area contributed by atoms with E-state index in [0.29, 0.717) is 38.6 Å². The molecule has 1 aliphatic heterocycles. The van der Waals surface area contributed by atoms with Gasteiger partial charge in [0.25, 0.3) is 0 Å². The lowest BCUT2D eigenvalue weighted by Crippen LogP contribution is -2.47. The highest BCUT2D eigenvalue weighted by molar-refractivity contribution is 5.86. The molecular weight excluding hydrogens is 452 g/mol. The Morgan fingerprint density at radius 3 is 2.44 bits per heavy atom. The van der Waals surface area contributed by atoms with Gasteiger partial charge in [-0.25, -0.2) is 0 Å². The predicted molar refractivity (Wildman–Crippen MR) is 141 cm³/mol. The van der Waals surface area contributed by atoms with Crippen molar-refractivity contribution in [2.75, 3.05) is 26.3 Å². The first-order chi connectivity index (χ1) is 17.4. The molecule has 3 rings (SSSR count). The normalized spacial score (nSPS) is 19.3. The molecule has 3 atom stereocenters. The van der Waals surface area contributed by atoms with Crippen molar-refractivity contribution in [1.29, 1.82) is 5.26 Å². The molecule has 0 radical (unpaired) electrons. The lowest BCUT2D eigenvalue weighted by molar-refractivity contribution is -0.140. The van der Waals surface area contributed by atoms with Gasteiger partial charge in [-0.05, 0) is 30.7 Å². The van der Waals surface area contributed by atoms with Gasteiger partial charge in [-0.15, -0.1) is 0 Å². The highest BCUT2D eigenvalue weighted by Gasteiger charge is 2.30. The van der Waals surface area contributed by atoms with Crippen molar-refractivity contribution in [3.8, 4) is 6.07 Å². The van der Waals surface area contributed by atoms with Gasteiger partial charge in [0.1, 0.15) is 6.04 Å². The molecule has 0 aromatic heterocycles. The number of amides is 2. The standard InChI is InChI=1S/C29H44N4O3/c1-22(2)31-26(18-24-11-7-4-8-12-24)20-27(21-30)32-29(35)25(17-23-9-5-3-6-10-23)19-28(34)33-13-15-36-16-14-33/h4,7-8,11-12,22-23,25-27,31H,3,5-6,9-10,13-20H2,1-2H3,(H,32,35). The Morgan fingerprint density at radius 2 is 1.81 bits per heavy atom. The Balaban J connectivity index is 1.65. The topological polar surface area (TPSA) is 94.5 Å². The van der Waals surface area contributed by atoms with Gasteiger partial charge in [0.15, 0.2) is 0 Å². The number of nitrogens with zero attached hydrogens (tertiary/aromatic N) is 2. The van der Waals surface area contributed by atoms with E-state index in [1.165, 1.54) is 24.8 Å². The van der Waals surface area contributed by atoms with E-state index >= 15 is 0 Å². The summed E-state index contributed by atoms with van der Waals surface area (Å²) >= 11 is 0. The molecule has 1 saturated heterocycles. The smallest absolute Gasteiger partial charge is 0.224 e. The summed E-state index contributed by atoms with van der Waals surface area (Å²) in [6, 6.07) is 12.2. The quantitative estimate of drug-likeness (QED) is 0.459. The van der Waals surface area contributed by atoms with Crippen LogP contribution in [0.15, 0.2) is 30.3 Å². The van der Waals surface area contributed by atoms with E-state index in [1.54, 1.807) is 0 Å². The van der Waals surface area contributed by atoms with Crippen molar-refractivity contribution >= 4 is 11.8 Å². The highest BCUT2D eigenvalue weighted by atomic mass is 16.5. The zero-order valence-corrected chi connectivity index (χ0v) is 22.1. The number of carbonyl (C=O) groups excluding carboxylic acids is 2. The van der Waals surface area contributed by atoms with Crippen LogP contribution in [0.5, 0.6) is 0 Å². The second kappa shape index (κ2) is 15.0. The van der Waals surface area contributed by atoms with Crippen molar-refractivity contribution in [2.24, 2.45) is 11.8 Å². The van der Waals surface area contributed by atoms with Gasteiger partial charge in [0.2, 0.25) is 11.8 Å². The van der Waals surface area contributed by atoms with Crippen LogP contribution in [0.4, 0.5) is 0 Å². The third kappa shape index (κ3) is 9.55. The van der Waals surface area contributed by atoms with Gasteiger partial charge in [-0.3, -0.25) is 9.59 Å². The summed E-state index contributed by atoms with van der Waals surface area (Å²) in [5.74, 6) is -0.0613. The molecule has 0 spiro atoms. The van der Waals surface area contributed by atoms with E-state index < -0.39 is 12.0 Å². The van der Waals surface area contributed by atoms with E-state index in [4.69, 9.17) is 4.74 Å². The number of nitriles is 1. The van der Waals surface area contributed by atoms with Gasteiger partial charge in [-0.1, -0.05) is 76.3 Å². The Morgan fingerprint density at radius 1 is 1.11 bits per heavy atom. The van der Waals surface area contributed by atoms with Crippen LogP contribution in [0.3, 0.4) is 0 Å². The first-order valence-electron chi connectivity index (χ1n) is 13.8. The summed E-state index contributed by atoms with van der Waals surface area (Å²) in [7, 11) is 0. The molecule has 1 aromatic rings. The zero-order chi connectivity index (χ0) is 25.8. The Hall–Kier alpha value is -2.43. The summed E-state index contributed by atoms with van der Waals surface area (Å²) in [4.78, 5) is 28.3. The molecule has 2 fully saturated rings. The molecule has 2 aliphatic rings. The van der Waals surface area contributed by atoms with Crippen molar-refractivity contribution in [2.45, 2.75) is 89.8 Å². The third-order valence-electron chi connectivity index (χ3n) is 7.38. The molecule has 1 aromatic carbocycles. The minimum absolute atomic E-state index is 0.0196. The third-order valence-corrected chi connectivity index (χ3v) is 7.38.